The van der Waals surface area contributed by atoms with Crippen LogP contribution in [0.25, 0.3) is 11.3 Å². The van der Waals surface area contributed by atoms with Gasteiger partial charge in [-0.05, 0) is 36.1 Å². The molecule has 2 aromatic carbocycles. The van der Waals surface area contributed by atoms with E-state index in [1.165, 1.54) is 5.56 Å². The molecule has 5 heteroatoms. The van der Waals surface area contributed by atoms with Gasteiger partial charge in [0.25, 0.3) is 0 Å². The highest BCUT2D eigenvalue weighted by atomic mass is 35.5. The number of anilines is 1. The number of hydrogen-bond acceptors (Lipinski definition) is 4. The van der Waals surface area contributed by atoms with Crippen LogP contribution in [0.15, 0.2) is 54.7 Å². The Kier molecular flexibility index (Phi) is 4.62. The van der Waals surface area contributed by atoms with Crippen LogP contribution in [0.4, 0.5) is 5.95 Å². The number of halogens is 1. The first kappa shape index (κ1) is 17.0. The number of rotatable bonds is 4. The summed E-state index contributed by atoms with van der Waals surface area (Å²) in [5.74, 6) is 0.725. The summed E-state index contributed by atoms with van der Waals surface area (Å²) in [6.45, 7) is 2.15. The summed E-state index contributed by atoms with van der Waals surface area (Å²) in [6.07, 6.45) is 2.24. The first-order valence-corrected chi connectivity index (χ1v) is 9.13. The lowest BCUT2D eigenvalue weighted by molar-refractivity contribution is 0.208. The molecule has 0 spiro atoms. The highest BCUT2D eigenvalue weighted by molar-refractivity contribution is 6.31. The number of hydrogen-bond donors (Lipinski definition) is 2. The van der Waals surface area contributed by atoms with E-state index in [0.717, 1.165) is 33.8 Å². The summed E-state index contributed by atoms with van der Waals surface area (Å²) in [4.78, 5) is 9.13. The van der Waals surface area contributed by atoms with Crippen molar-refractivity contribution in [2.75, 3.05) is 11.9 Å². The van der Waals surface area contributed by atoms with Crippen LogP contribution in [-0.2, 0) is 6.42 Å². The van der Waals surface area contributed by atoms with Crippen LogP contribution < -0.4 is 5.32 Å². The van der Waals surface area contributed by atoms with Gasteiger partial charge in [0.05, 0.1) is 11.8 Å². The van der Waals surface area contributed by atoms with Crippen molar-refractivity contribution in [3.05, 3.63) is 76.4 Å². The Morgan fingerprint density at radius 1 is 1.15 bits per heavy atom. The fourth-order valence-electron chi connectivity index (χ4n) is 3.50. The summed E-state index contributed by atoms with van der Waals surface area (Å²) in [5, 5.41) is 13.3. The number of aromatic nitrogens is 2. The molecule has 1 aliphatic carbocycles. The smallest absolute Gasteiger partial charge is 0.223 e. The molecule has 0 fully saturated rings. The molecule has 2 atom stereocenters. The molecule has 1 aliphatic rings. The average Bonchev–Trinajstić information content (AvgIpc) is 2.66. The number of aliphatic hydroxyl groups is 1. The van der Waals surface area contributed by atoms with Crippen molar-refractivity contribution in [2.45, 2.75) is 25.4 Å². The van der Waals surface area contributed by atoms with Crippen molar-refractivity contribution in [2.24, 2.45) is 0 Å². The second-order valence-corrected chi connectivity index (χ2v) is 7.07. The first-order chi connectivity index (χ1) is 12.6. The van der Waals surface area contributed by atoms with Gasteiger partial charge in [-0.3, -0.25) is 0 Å². The van der Waals surface area contributed by atoms with Gasteiger partial charge in [-0.25, -0.2) is 9.97 Å². The van der Waals surface area contributed by atoms with Gasteiger partial charge < -0.3 is 10.4 Å². The summed E-state index contributed by atoms with van der Waals surface area (Å²) in [7, 11) is 0. The van der Waals surface area contributed by atoms with Crippen LogP contribution in [0.1, 0.15) is 29.5 Å². The molecule has 3 aromatic rings. The predicted octanol–water partition coefficient (Wildman–Crippen LogP) is 4.28. The minimum absolute atomic E-state index is 0.187. The Labute approximate surface area is 157 Å². The maximum atomic E-state index is 9.47. The predicted molar refractivity (Wildman–Crippen MR) is 105 cm³/mol. The SMILES string of the molecule is C[C@@H](O)CNc1ncc2c(n1)-c1ccccc1C(c1ccccc1Cl)C2. The maximum Gasteiger partial charge on any atom is 0.223 e. The Hall–Kier alpha value is -2.43. The van der Waals surface area contributed by atoms with E-state index in [-0.39, 0.29) is 5.92 Å². The molecule has 4 rings (SSSR count). The molecule has 132 valence electrons. The molecule has 2 N–H and O–H groups in total. The lowest BCUT2D eigenvalue weighted by atomic mass is 9.78. The Bertz CT molecular complexity index is 942. The Balaban J connectivity index is 1.78. The standard InChI is InChI=1S/C21H20ClN3O/c1-13(26)11-23-21-24-12-14-10-18(16-7-4-5-9-19(16)22)15-6-2-3-8-17(15)20(14)25-21/h2-9,12-13,18,26H,10-11H2,1H3,(H,23,24,25)/t13-,18?/m1/s1. The number of fused-ring (bicyclic) bond motifs is 3. The van der Waals surface area contributed by atoms with E-state index in [2.05, 4.69) is 34.6 Å². The van der Waals surface area contributed by atoms with E-state index in [1.54, 1.807) is 6.92 Å². The van der Waals surface area contributed by atoms with Gasteiger partial charge in [-0.15, -0.1) is 0 Å². The van der Waals surface area contributed by atoms with Gasteiger partial charge in [0.2, 0.25) is 5.95 Å². The zero-order chi connectivity index (χ0) is 18.1. The van der Waals surface area contributed by atoms with Gasteiger partial charge in [-0.1, -0.05) is 54.1 Å². The third-order valence-corrected chi connectivity index (χ3v) is 5.06. The minimum atomic E-state index is -0.452. The van der Waals surface area contributed by atoms with E-state index in [4.69, 9.17) is 16.6 Å². The van der Waals surface area contributed by atoms with Crippen molar-refractivity contribution in [1.29, 1.82) is 0 Å². The average molecular weight is 366 g/mol. The molecule has 1 aromatic heterocycles. The maximum absolute atomic E-state index is 9.47. The van der Waals surface area contributed by atoms with Crippen LogP contribution in [-0.4, -0.2) is 27.7 Å². The van der Waals surface area contributed by atoms with Crippen LogP contribution in [0.5, 0.6) is 0 Å². The van der Waals surface area contributed by atoms with Gasteiger partial charge in [0, 0.05) is 29.2 Å². The number of nitrogens with one attached hydrogen (secondary N) is 1. The van der Waals surface area contributed by atoms with Gasteiger partial charge >= 0.3 is 0 Å². The van der Waals surface area contributed by atoms with Crippen molar-refractivity contribution in [3.8, 4) is 11.3 Å². The van der Waals surface area contributed by atoms with Gasteiger partial charge in [0.1, 0.15) is 0 Å². The second-order valence-electron chi connectivity index (χ2n) is 6.66. The molecule has 4 nitrogen and oxygen atoms in total. The minimum Gasteiger partial charge on any atom is -0.392 e. The first-order valence-electron chi connectivity index (χ1n) is 8.75. The summed E-state index contributed by atoms with van der Waals surface area (Å²) in [5.41, 5.74) is 5.53. The van der Waals surface area contributed by atoms with Crippen molar-refractivity contribution in [3.63, 3.8) is 0 Å². The third kappa shape index (κ3) is 3.18. The molecule has 0 aliphatic heterocycles. The van der Waals surface area contributed by atoms with Crippen molar-refractivity contribution < 1.29 is 5.11 Å². The molecule has 0 amide bonds. The van der Waals surface area contributed by atoms with E-state index in [0.29, 0.717) is 12.5 Å². The van der Waals surface area contributed by atoms with Gasteiger partial charge in [0.15, 0.2) is 0 Å². The van der Waals surface area contributed by atoms with Crippen LogP contribution in [0, 0.1) is 0 Å². The van der Waals surface area contributed by atoms with Crippen LogP contribution >= 0.6 is 11.6 Å². The molecule has 0 radical (unpaired) electrons. The van der Waals surface area contributed by atoms with Crippen molar-refractivity contribution in [1.82, 2.24) is 9.97 Å². The molecule has 0 saturated heterocycles. The lowest BCUT2D eigenvalue weighted by Gasteiger charge is -2.28. The normalized spacial score (nSPS) is 16.5. The highest BCUT2D eigenvalue weighted by Crippen LogP contribution is 2.43. The van der Waals surface area contributed by atoms with E-state index < -0.39 is 6.10 Å². The highest BCUT2D eigenvalue weighted by Gasteiger charge is 2.28. The van der Waals surface area contributed by atoms with Crippen LogP contribution in [0.3, 0.4) is 0 Å². The van der Waals surface area contributed by atoms with E-state index in [9.17, 15) is 5.11 Å². The quantitative estimate of drug-likeness (QED) is 0.724. The van der Waals surface area contributed by atoms with E-state index >= 15 is 0 Å². The molecular formula is C21H20ClN3O. The zero-order valence-corrected chi connectivity index (χ0v) is 15.2. The number of nitrogens with zero attached hydrogens (tertiary/aromatic N) is 2. The fraction of sp³-hybridized carbons (Fsp3) is 0.238. The zero-order valence-electron chi connectivity index (χ0n) is 14.5. The third-order valence-electron chi connectivity index (χ3n) is 4.72. The summed E-state index contributed by atoms with van der Waals surface area (Å²) < 4.78 is 0. The topological polar surface area (TPSA) is 58.0 Å². The summed E-state index contributed by atoms with van der Waals surface area (Å²) in [6, 6.07) is 16.4. The molecule has 0 saturated carbocycles. The largest absolute Gasteiger partial charge is 0.392 e. The number of benzene rings is 2. The molecule has 26 heavy (non-hydrogen) atoms. The lowest BCUT2D eigenvalue weighted by Crippen LogP contribution is -2.19. The van der Waals surface area contributed by atoms with Crippen molar-refractivity contribution >= 4 is 17.5 Å². The molecule has 1 unspecified atom stereocenters. The molecule has 0 bridgehead atoms. The molecule has 1 heterocycles. The van der Waals surface area contributed by atoms with Crippen LogP contribution in [0.2, 0.25) is 5.02 Å². The van der Waals surface area contributed by atoms with Gasteiger partial charge in [-0.2, -0.15) is 0 Å². The Morgan fingerprint density at radius 2 is 1.88 bits per heavy atom. The monoisotopic (exact) mass is 365 g/mol. The summed E-state index contributed by atoms with van der Waals surface area (Å²) >= 11 is 6.48. The fourth-order valence-corrected chi connectivity index (χ4v) is 3.76. The molecular weight excluding hydrogens is 346 g/mol. The number of aliphatic hydroxyl groups excluding tert-OH is 1. The second kappa shape index (κ2) is 7.06. The Morgan fingerprint density at radius 3 is 2.65 bits per heavy atom. The van der Waals surface area contributed by atoms with E-state index in [1.807, 2.05) is 30.5 Å².